The van der Waals surface area contributed by atoms with E-state index in [0.717, 1.165) is 23.8 Å². The Morgan fingerprint density at radius 1 is 1.41 bits per heavy atom. The molecular formula is C9H13N7S. The zero-order valence-corrected chi connectivity index (χ0v) is 10.5. The maximum atomic E-state index is 4.41. The van der Waals surface area contributed by atoms with Gasteiger partial charge in [0.25, 0.3) is 0 Å². The molecule has 2 aromatic heterocycles. The van der Waals surface area contributed by atoms with Crippen LogP contribution in [-0.4, -0.2) is 36.7 Å². The third-order valence-corrected chi connectivity index (χ3v) is 2.88. The number of tetrazole rings is 1. The van der Waals surface area contributed by atoms with E-state index in [9.17, 15) is 0 Å². The van der Waals surface area contributed by atoms with Gasteiger partial charge in [-0.2, -0.15) is 0 Å². The number of hydrogen-bond acceptors (Lipinski definition) is 7. The lowest BCUT2D eigenvalue weighted by Gasteiger charge is -2.04. The van der Waals surface area contributed by atoms with Gasteiger partial charge in [-0.3, -0.25) is 4.98 Å². The molecule has 1 N–H and O–H groups in total. The third-order valence-electron chi connectivity index (χ3n) is 1.95. The Balaban J connectivity index is 2.08. The first-order chi connectivity index (χ1) is 8.29. The maximum absolute atomic E-state index is 4.41. The minimum Gasteiger partial charge on any atom is -0.369 e. The molecular weight excluding hydrogens is 238 g/mol. The Hall–Kier alpha value is -1.70. The van der Waals surface area contributed by atoms with Crippen LogP contribution in [-0.2, 0) is 7.05 Å². The Bertz CT molecular complexity index is 484. The number of aryl methyl sites for hydroxylation is 1. The van der Waals surface area contributed by atoms with Crippen molar-refractivity contribution in [2.75, 3.05) is 11.9 Å². The molecule has 8 heteroatoms. The predicted octanol–water partition coefficient (Wildman–Crippen LogP) is 0.973. The summed E-state index contributed by atoms with van der Waals surface area (Å²) in [5, 5.41) is 15.8. The van der Waals surface area contributed by atoms with Crippen molar-refractivity contribution in [1.29, 1.82) is 0 Å². The summed E-state index contributed by atoms with van der Waals surface area (Å²) < 4.78 is 1.60. The molecule has 0 unspecified atom stereocenters. The Morgan fingerprint density at radius 2 is 2.29 bits per heavy atom. The first-order valence-electron chi connectivity index (χ1n) is 5.25. The van der Waals surface area contributed by atoms with E-state index >= 15 is 0 Å². The van der Waals surface area contributed by atoms with Crippen LogP contribution in [0.1, 0.15) is 13.3 Å². The molecule has 0 aliphatic carbocycles. The van der Waals surface area contributed by atoms with Crippen LogP contribution < -0.4 is 5.32 Å². The summed E-state index contributed by atoms with van der Waals surface area (Å²) in [7, 11) is 1.79. The van der Waals surface area contributed by atoms with Crippen LogP contribution in [0.15, 0.2) is 22.6 Å². The smallest absolute Gasteiger partial charge is 0.215 e. The van der Waals surface area contributed by atoms with Crippen molar-refractivity contribution in [2.45, 2.75) is 23.5 Å². The molecule has 2 rings (SSSR count). The first kappa shape index (κ1) is 11.8. The van der Waals surface area contributed by atoms with Crippen molar-refractivity contribution in [3.63, 3.8) is 0 Å². The summed E-state index contributed by atoms with van der Waals surface area (Å²) in [5.74, 6) is 0.770. The predicted molar refractivity (Wildman–Crippen MR) is 63.7 cm³/mol. The normalized spacial score (nSPS) is 10.5. The van der Waals surface area contributed by atoms with E-state index in [1.54, 1.807) is 24.1 Å². The molecule has 2 heterocycles. The fourth-order valence-electron chi connectivity index (χ4n) is 1.14. The molecule has 0 fully saturated rings. The van der Waals surface area contributed by atoms with Crippen molar-refractivity contribution in [3.8, 4) is 0 Å². The Morgan fingerprint density at radius 3 is 3.00 bits per heavy atom. The van der Waals surface area contributed by atoms with E-state index in [0.29, 0.717) is 5.16 Å². The zero-order valence-electron chi connectivity index (χ0n) is 9.66. The highest BCUT2D eigenvalue weighted by Gasteiger charge is 2.06. The molecule has 0 atom stereocenters. The van der Waals surface area contributed by atoms with Crippen LogP contribution in [0.4, 0.5) is 5.82 Å². The van der Waals surface area contributed by atoms with Gasteiger partial charge in [0, 0.05) is 13.6 Å². The third kappa shape index (κ3) is 3.13. The summed E-state index contributed by atoms with van der Waals surface area (Å²) >= 11 is 1.38. The quantitative estimate of drug-likeness (QED) is 0.848. The first-order valence-corrected chi connectivity index (χ1v) is 6.07. The van der Waals surface area contributed by atoms with E-state index in [1.165, 1.54) is 11.8 Å². The van der Waals surface area contributed by atoms with Crippen molar-refractivity contribution >= 4 is 17.6 Å². The average Bonchev–Trinajstić information content (AvgIpc) is 2.73. The van der Waals surface area contributed by atoms with Gasteiger partial charge in [0.1, 0.15) is 10.8 Å². The van der Waals surface area contributed by atoms with Gasteiger partial charge in [-0.25, -0.2) is 9.67 Å². The van der Waals surface area contributed by atoms with Crippen molar-refractivity contribution in [3.05, 3.63) is 12.4 Å². The molecule has 0 saturated carbocycles. The standard InChI is InChI=1S/C9H13N7S/c1-3-4-11-7-5-10-6-8(12-7)17-9-13-14-15-16(9)2/h5-6H,3-4H2,1-2H3,(H,11,12). The van der Waals surface area contributed by atoms with E-state index < -0.39 is 0 Å². The average molecular weight is 251 g/mol. The summed E-state index contributed by atoms with van der Waals surface area (Å²) in [5.41, 5.74) is 0. The Labute approximate surface area is 103 Å². The lowest BCUT2D eigenvalue weighted by molar-refractivity contribution is 0.664. The second-order valence-electron chi connectivity index (χ2n) is 3.36. The zero-order chi connectivity index (χ0) is 12.1. The molecule has 0 aromatic carbocycles. The van der Waals surface area contributed by atoms with Crippen LogP contribution in [0.5, 0.6) is 0 Å². The molecule has 0 bridgehead atoms. The highest BCUT2D eigenvalue weighted by atomic mass is 32.2. The van der Waals surface area contributed by atoms with E-state index in [1.807, 2.05) is 0 Å². The van der Waals surface area contributed by atoms with Gasteiger partial charge in [-0.15, -0.1) is 5.10 Å². The molecule has 0 aliphatic heterocycles. The van der Waals surface area contributed by atoms with Gasteiger partial charge in [-0.05, 0) is 28.6 Å². The number of hydrogen-bond donors (Lipinski definition) is 1. The summed E-state index contributed by atoms with van der Waals surface area (Å²) in [6, 6.07) is 0. The number of aromatic nitrogens is 6. The molecule has 0 spiro atoms. The second-order valence-corrected chi connectivity index (χ2v) is 4.34. The van der Waals surface area contributed by atoms with Gasteiger partial charge in [-0.1, -0.05) is 6.92 Å². The molecule has 90 valence electrons. The topological polar surface area (TPSA) is 81.4 Å². The molecule has 17 heavy (non-hydrogen) atoms. The van der Waals surface area contributed by atoms with Gasteiger partial charge < -0.3 is 5.32 Å². The molecule has 0 saturated heterocycles. The molecule has 0 radical (unpaired) electrons. The van der Waals surface area contributed by atoms with E-state index in [-0.39, 0.29) is 0 Å². The van der Waals surface area contributed by atoms with Crippen LogP contribution in [0.3, 0.4) is 0 Å². The van der Waals surface area contributed by atoms with Crippen LogP contribution in [0.25, 0.3) is 0 Å². The van der Waals surface area contributed by atoms with Crippen molar-refractivity contribution in [2.24, 2.45) is 7.05 Å². The van der Waals surface area contributed by atoms with Gasteiger partial charge >= 0.3 is 0 Å². The summed E-state index contributed by atoms with van der Waals surface area (Å²) in [6.45, 7) is 2.98. The van der Waals surface area contributed by atoms with Gasteiger partial charge in [0.15, 0.2) is 0 Å². The minimum atomic E-state index is 0.687. The van der Waals surface area contributed by atoms with Crippen LogP contribution in [0.2, 0.25) is 0 Å². The molecule has 0 amide bonds. The lowest BCUT2D eigenvalue weighted by Crippen LogP contribution is -2.03. The number of nitrogens with zero attached hydrogens (tertiary/aromatic N) is 6. The number of nitrogens with one attached hydrogen (secondary N) is 1. The van der Waals surface area contributed by atoms with E-state index in [2.05, 4.69) is 37.7 Å². The monoisotopic (exact) mass is 251 g/mol. The number of anilines is 1. The lowest BCUT2D eigenvalue weighted by atomic mass is 10.5. The molecule has 2 aromatic rings. The minimum absolute atomic E-state index is 0.687. The highest BCUT2D eigenvalue weighted by Crippen LogP contribution is 2.22. The molecule has 0 aliphatic rings. The SMILES string of the molecule is CCCNc1cncc(Sc2nnnn2C)n1. The molecule has 7 nitrogen and oxygen atoms in total. The number of rotatable bonds is 5. The second kappa shape index (κ2) is 5.58. The summed E-state index contributed by atoms with van der Waals surface area (Å²) in [6.07, 6.45) is 4.44. The van der Waals surface area contributed by atoms with Gasteiger partial charge in [0.05, 0.1) is 12.4 Å². The highest BCUT2D eigenvalue weighted by molar-refractivity contribution is 7.99. The maximum Gasteiger partial charge on any atom is 0.215 e. The van der Waals surface area contributed by atoms with Gasteiger partial charge in [0.2, 0.25) is 5.16 Å². The van der Waals surface area contributed by atoms with Crippen molar-refractivity contribution < 1.29 is 0 Å². The Kier molecular flexibility index (Phi) is 3.86. The van der Waals surface area contributed by atoms with Crippen LogP contribution in [0, 0.1) is 0 Å². The summed E-state index contributed by atoms with van der Waals surface area (Å²) in [4.78, 5) is 8.53. The van der Waals surface area contributed by atoms with Crippen molar-refractivity contribution in [1.82, 2.24) is 30.2 Å². The largest absolute Gasteiger partial charge is 0.369 e. The van der Waals surface area contributed by atoms with Crippen LogP contribution >= 0.6 is 11.8 Å². The fraction of sp³-hybridized carbons (Fsp3) is 0.444. The fourth-order valence-corrected chi connectivity index (χ4v) is 1.83. The van der Waals surface area contributed by atoms with E-state index in [4.69, 9.17) is 0 Å².